The third-order valence-electron chi connectivity index (χ3n) is 2.14. The van der Waals surface area contributed by atoms with Crippen molar-refractivity contribution in [3.63, 3.8) is 0 Å². The van der Waals surface area contributed by atoms with Crippen LogP contribution in [0.2, 0.25) is 0 Å². The van der Waals surface area contributed by atoms with E-state index in [4.69, 9.17) is 0 Å². The van der Waals surface area contributed by atoms with Crippen molar-refractivity contribution in [2.24, 2.45) is 5.92 Å². The molecule has 1 aromatic rings. The summed E-state index contributed by atoms with van der Waals surface area (Å²) in [6, 6.07) is 2.12. The highest BCUT2D eigenvalue weighted by Gasteiger charge is 2.05. The molecule has 13 heavy (non-hydrogen) atoms. The number of nitrogens with zero attached hydrogens (tertiary/aromatic N) is 2. The number of nitrogens with one attached hydrogen (secondary N) is 1. The summed E-state index contributed by atoms with van der Waals surface area (Å²) >= 11 is 0. The molecule has 1 heterocycles. The average Bonchev–Trinajstić information content (AvgIpc) is 2.30. The first kappa shape index (κ1) is 10.3. The largest absolute Gasteiger partial charge is 0.319 e. The fourth-order valence-electron chi connectivity index (χ4n) is 1.57. The topological polar surface area (TPSA) is 29.9 Å². The van der Waals surface area contributed by atoms with Crippen LogP contribution < -0.4 is 5.32 Å². The minimum atomic E-state index is 0.628. The van der Waals surface area contributed by atoms with Crippen molar-refractivity contribution < 1.29 is 0 Å². The second-order valence-electron chi connectivity index (χ2n) is 3.77. The van der Waals surface area contributed by atoms with Gasteiger partial charge in [0, 0.05) is 12.2 Å². The quantitative estimate of drug-likeness (QED) is 0.760. The van der Waals surface area contributed by atoms with Crippen molar-refractivity contribution in [3.05, 3.63) is 17.5 Å². The summed E-state index contributed by atoms with van der Waals surface area (Å²) in [5.74, 6) is 0.628. The van der Waals surface area contributed by atoms with Crippen LogP contribution in [-0.4, -0.2) is 23.4 Å². The lowest BCUT2D eigenvalue weighted by atomic mass is 10.2. The number of aromatic nitrogens is 2. The first-order chi connectivity index (χ1) is 6.13. The van der Waals surface area contributed by atoms with Gasteiger partial charge in [0.2, 0.25) is 0 Å². The van der Waals surface area contributed by atoms with Gasteiger partial charge < -0.3 is 5.32 Å². The van der Waals surface area contributed by atoms with Gasteiger partial charge >= 0.3 is 0 Å². The van der Waals surface area contributed by atoms with Crippen molar-refractivity contribution in [2.75, 3.05) is 13.6 Å². The second-order valence-corrected chi connectivity index (χ2v) is 3.77. The Morgan fingerprint density at radius 3 is 2.69 bits per heavy atom. The maximum absolute atomic E-state index is 4.42. The molecule has 0 aliphatic heterocycles. The molecule has 1 N–H and O–H groups in total. The van der Waals surface area contributed by atoms with E-state index in [2.05, 4.69) is 35.0 Å². The number of hydrogen-bond acceptors (Lipinski definition) is 2. The van der Waals surface area contributed by atoms with Crippen molar-refractivity contribution >= 4 is 0 Å². The van der Waals surface area contributed by atoms with Crippen LogP contribution in [0.25, 0.3) is 0 Å². The highest BCUT2D eigenvalue weighted by Crippen LogP contribution is 2.05. The summed E-state index contributed by atoms with van der Waals surface area (Å²) < 4.78 is 2.08. The Hall–Kier alpha value is -0.830. The highest BCUT2D eigenvalue weighted by molar-refractivity contribution is 5.06. The zero-order valence-electron chi connectivity index (χ0n) is 8.96. The Morgan fingerprint density at radius 1 is 1.54 bits per heavy atom. The van der Waals surface area contributed by atoms with Gasteiger partial charge in [-0.1, -0.05) is 6.92 Å². The summed E-state index contributed by atoms with van der Waals surface area (Å²) in [5.41, 5.74) is 2.36. The van der Waals surface area contributed by atoms with E-state index in [1.807, 2.05) is 14.0 Å². The molecule has 0 aliphatic carbocycles. The molecule has 74 valence electrons. The van der Waals surface area contributed by atoms with Gasteiger partial charge in [0.15, 0.2) is 0 Å². The summed E-state index contributed by atoms with van der Waals surface area (Å²) in [5, 5.41) is 7.59. The van der Waals surface area contributed by atoms with E-state index < -0.39 is 0 Å². The van der Waals surface area contributed by atoms with E-state index in [1.54, 1.807) is 0 Å². The summed E-state index contributed by atoms with van der Waals surface area (Å²) in [7, 11) is 1.98. The molecule has 1 atom stereocenters. The van der Waals surface area contributed by atoms with Crippen LogP contribution in [0.1, 0.15) is 18.3 Å². The maximum atomic E-state index is 4.42. The molecule has 1 aromatic heterocycles. The normalized spacial score (nSPS) is 13.2. The maximum Gasteiger partial charge on any atom is 0.0596 e. The van der Waals surface area contributed by atoms with Gasteiger partial charge in [-0.25, -0.2) is 0 Å². The fraction of sp³-hybridized carbons (Fsp3) is 0.700. The van der Waals surface area contributed by atoms with Crippen molar-refractivity contribution in [1.29, 1.82) is 0 Å². The molecule has 0 aliphatic rings. The molecule has 0 bridgehead atoms. The first-order valence-corrected chi connectivity index (χ1v) is 4.79. The molecule has 0 fully saturated rings. The van der Waals surface area contributed by atoms with Gasteiger partial charge in [0.25, 0.3) is 0 Å². The van der Waals surface area contributed by atoms with Crippen LogP contribution in [0.15, 0.2) is 6.07 Å². The summed E-state index contributed by atoms with van der Waals surface area (Å²) in [6.45, 7) is 8.41. The molecule has 1 unspecified atom stereocenters. The minimum Gasteiger partial charge on any atom is -0.319 e. The predicted molar refractivity (Wildman–Crippen MR) is 54.8 cm³/mol. The highest BCUT2D eigenvalue weighted by atomic mass is 15.3. The van der Waals surface area contributed by atoms with Gasteiger partial charge in [0.1, 0.15) is 0 Å². The summed E-state index contributed by atoms with van der Waals surface area (Å²) in [6.07, 6.45) is 0. The third kappa shape index (κ3) is 2.84. The van der Waals surface area contributed by atoms with E-state index in [0.29, 0.717) is 5.92 Å². The molecule has 1 rings (SSSR count). The zero-order chi connectivity index (χ0) is 9.84. The molecule has 3 heteroatoms. The predicted octanol–water partition coefficient (Wildman–Crippen LogP) is 1.36. The third-order valence-corrected chi connectivity index (χ3v) is 2.14. The molecule has 0 spiro atoms. The van der Waals surface area contributed by atoms with E-state index in [1.165, 1.54) is 5.69 Å². The Balaban J connectivity index is 2.57. The van der Waals surface area contributed by atoms with Gasteiger partial charge in [-0.3, -0.25) is 4.68 Å². The van der Waals surface area contributed by atoms with E-state index in [-0.39, 0.29) is 0 Å². The Labute approximate surface area is 80.1 Å². The van der Waals surface area contributed by atoms with E-state index in [9.17, 15) is 0 Å². The number of rotatable bonds is 4. The van der Waals surface area contributed by atoms with Crippen LogP contribution in [0.3, 0.4) is 0 Å². The van der Waals surface area contributed by atoms with Crippen LogP contribution in [-0.2, 0) is 6.54 Å². The van der Waals surface area contributed by atoms with Crippen molar-refractivity contribution in [2.45, 2.75) is 27.3 Å². The van der Waals surface area contributed by atoms with Gasteiger partial charge in [0.05, 0.1) is 5.69 Å². The lowest BCUT2D eigenvalue weighted by Crippen LogP contribution is -2.21. The molecular weight excluding hydrogens is 162 g/mol. The molecule has 3 nitrogen and oxygen atoms in total. The van der Waals surface area contributed by atoms with E-state index >= 15 is 0 Å². The van der Waals surface area contributed by atoms with Crippen molar-refractivity contribution in [3.8, 4) is 0 Å². The van der Waals surface area contributed by atoms with Crippen LogP contribution in [0.5, 0.6) is 0 Å². The number of hydrogen-bond donors (Lipinski definition) is 1. The Kier molecular flexibility index (Phi) is 3.48. The number of aryl methyl sites for hydroxylation is 2. The lowest BCUT2D eigenvalue weighted by Gasteiger charge is -2.11. The van der Waals surface area contributed by atoms with Crippen LogP contribution in [0, 0.1) is 19.8 Å². The standard InChI is InChI=1S/C10H19N3/c1-8(6-11-4)7-13-10(3)5-9(2)12-13/h5,8,11H,6-7H2,1-4H3. The monoisotopic (exact) mass is 181 g/mol. The van der Waals surface area contributed by atoms with E-state index in [0.717, 1.165) is 18.8 Å². The van der Waals surface area contributed by atoms with Crippen LogP contribution in [0.4, 0.5) is 0 Å². The van der Waals surface area contributed by atoms with Crippen LogP contribution >= 0.6 is 0 Å². The molecular formula is C10H19N3. The smallest absolute Gasteiger partial charge is 0.0596 e. The molecule has 0 saturated carbocycles. The van der Waals surface area contributed by atoms with Gasteiger partial charge in [-0.2, -0.15) is 5.10 Å². The van der Waals surface area contributed by atoms with Gasteiger partial charge in [-0.15, -0.1) is 0 Å². The summed E-state index contributed by atoms with van der Waals surface area (Å²) in [4.78, 5) is 0. The molecule has 0 amide bonds. The minimum absolute atomic E-state index is 0.628. The second kappa shape index (κ2) is 4.42. The molecule has 0 aromatic carbocycles. The lowest BCUT2D eigenvalue weighted by molar-refractivity contribution is 0.428. The average molecular weight is 181 g/mol. The van der Waals surface area contributed by atoms with Gasteiger partial charge in [-0.05, 0) is 39.4 Å². The Morgan fingerprint density at radius 2 is 2.23 bits per heavy atom. The molecule has 0 radical (unpaired) electrons. The van der Waals surface area contributed by atoms with Crippen molar-refractivity contribution in [1.82, 2.24) is 15.1 Å². The Bertz CT molecular complexity index is 265. The fourth-order valence-corrected chi connectivity index (χ4v) is 1.57. The SMILES string of the molecule is CNCC(C)Cn1nc(C)cc1C. The first-order valence-electron chi connectivity index (χ1n) is 4.79. The molecule has 0 saturated heterocycles. The zero-order valence-corrected chi connectivity index (χ0v) is 8.96.